The number of aliphatic carboxylic acids is 1. The van der Waals surface area contributed by atoms with Crippen LogP contribution < -0.4 is 4.74 Å². The van der Waals surface area contributed by atoms with Crippen molar-refractivity contribution >= 4 is 5.97 Å². The van der Waals surface area contributed by atoms with Crippen LogP contribution >= 0.6 is 0 Å². The molecule has 0 saturated carbocycles. The number of hydrogen-bond donors (Lipinski definition) is 1. The topological polar surface area (TPSA) is 55.8 Å². The van der Waals surface area contributed by atoms with E-state index in [1.807, 2.05) is 0 Å². The minimum Gasteiger partial charge on any atom is -0.491 e. The molecular formula is C14H17FO4. The molecule has 4 nitrogen and oxygen atoms in total. The molecule has 0 aliphatic carbocycles. The first-order chi connectivity index (χ1) is 9.07. The summed E-state index contributed by atoms with van der Waals surface area (Å²) in [6.45, 7) is 3.08. The lowest BCUT2D eigenvalue weighted by Gasteiger charge is -2.42. The molecule has 0 radical (unpaired) electrons. The predicted molar refractivity (Wildman–Crippen MR) is 66.9 cm³/mol. The van der Waals surface area contributed by atoms with E-state index in [2.05, 4.69) is 0 Å². The van der Waals surface area contributed by atoms with Crippen molar-refractivity contribution < 1.29 is 23.8 Å². The van der Waals surface area contributed by atoms with Crippen LogP contribution in [0.2, 0.25) is 0 Å². The molecule has 104 valence electrons. The molecule has 0 unspecified atom stereocenters. The van der Waals surface area contributed by atoms with Gasteiger partial charge in [-0.25, -0.2) is 4.39 Å². The number of carboxylic acids is 1. The van der Waals surface area contributed by atoms with Crippen molar-refractivity contribution in [3.05, 3.63) is 29.6 Å². The molecule has 1 N–H and O–H groups in total. The Morgan fingerprint density at radius 2 is 2.26 bits per heavy atom. The third-order valence-electron chi connectivity index (χ3n) is 3.42. The van der Waals surface area contributed by atoms with Crippen LogP contribution in [0.1, 0.15) is 25.3 Å². The lowest BCUT2D eigenvalue weighted by molar-refractivity contribution is -0.139. The van der Waals surface area contributed by atoms with Crippen molar-refractivity contribution in [3.63, 3.8) is 0 Å². The Morgan fingerprint density at radius 3 is 2.74 bits per heavy atom. The van der Waals surface area contributed by atoms with Gasteiger partial charge in [0.2, 0.25) is 0 Å². The lowest BCUT2D eigenvalue weighted by Crippen LogP contribution is -2.47. The zero-order valence-electron chi connectivity index (χ0n) is 10.8. The van der Waals surface area contributed by atoms with Gasteiger partial charge in [0.15, 0.2) is 11.6 Å². The number of halogens is 1. The third kappa shape index (κ3) is 2.87. The number of ether oxygens (including phenoxy) is 2. The van der Waals surface area contributed by atoms with E-state index in [0.717, 1.165) is 5.56 Å². The molecule has 1 aliphatic rings. The fourth-order valence-electron chi connectivity index (χ4n) is 2.25. The largest absolute Gasteiger partial charge is 0.491 e. The molecule has 19 heavy (non-hydrogen) atoms. The van der Waals surface area contributed by atoms with E-state index in [1.165, 1.54) is 6.07 Å². The SMILES string of the molecule is CCOc1ccc(C2(CCC(=O)O)COC2)cc1F. The Balaban J connectivity index is 2.19. The van der Waals surface area contributed by atoms with Crippen LogP contribution in [0.5, 0.6) is 5.75 Å². The van der Waals surface area contributed by atoms with E-state index in [0.29, 0.717) is 26.2 Å². The molecule has 2 rings (SSSR count). The predicted octanol–water partition coefficient (Wildman–Crippen LogP) is 2.36. The fourth-order valence-corrected chi connectivity index (χ4v) is 2.25. The van der Waals surface area contributed by atoms with E-state index >= 15 is 0 Å². The van der Waals surface area contributed by atoms with Crippen molar-refractivity contribution in [3.8, 4) is 5.75 Å². The van der Waals surface area contributed by atoms with Gasteiger partial charge in [-0.2, -0.15) is 0 Å². The Bertz CT molecular complexity index is 469. The maximum Gasteiger partial charge on any atom is 0.303 e. The summed E-state index contributed by atoms with van der Waals surface area (Å²) in [6.07, 6.45) is 0.508. The summed E-state index contributed by atoms with van der Waals surface area (Å²) < 4.78 is 24.2. The summed E-state index contributed by atoms with van der Waals surface area (Å²) in [5.74, 6) is -1.04. The highest BCUT2D eigenvalue weighted by molar-refractivity contribution is 5.67. The van der Waals surface area contributed by atoms with Crippen molar-refractivity contribution in [2.24, 2.45) is 0 Å². The number of carboxylic acid groups (broad SMARTS) is 1. The maximum absolute atomic E-state index is 13.8. The number of benzene rings is 1. The van der Waals surface area contributed by atoms with Crippen LogP contribution in [0.3, 0.4) is 0 Å². The molecule has 1 aliphatic heterocycles. The van der Waals surface area contributed by atoms with Crippen LogP contribution in [-0.4, -0.2) is 30.9 Å². The summed E-state index contributed by atoms with van der Waals surface area (Å²) in [4.78, 5) is 10.7. The van der Waals surface area contributed by atoms with E-state index < -0.39 is 11.8 Å². The second-order valence-corrected chi connectivity index (χ2v) is 4.75. The maximum atomic E-state index is 13.8. The summed E-state index contributed by atoms with van der Waals surface area (Å²) in [6, 6.07) is 4.81. The molecule has 1 aromatic rings. The Kier molecular flexibility index (Phi) is 4.04. The van der Waals surface area contributed by atoms with E-state index in [-0.39, 0.29) is 17.6 Å². The Labute approximate surface area is 111 Å². The van der Waals surface area contributed by atoms with Crippen molar-refractivity contribution in [1.29, 1.82) is 0 Å². The molecular weight excluding hydrogens is 251 g/mol. The molecule has 1 aromatic carbocycles. The minimum absolute atomic E-state index is 0.0538. The van der Waals surface area contributed by atoms with Gasteiger partial charge in [-0.05, 0) is 31.0 Å². The van der Waals surface area contributed by atoms with E-state index in [1.54, 1.807) is 19.1 Å². The van der Waals surface area contributed by atoms with Gasteiger partial charge >= 0.3 is 5.97 Å². The zero-order chi connectivity index (χ0) is 13.9. The van der Waals surface area contributed by atoms with Gasteiger partial charge in [-0.3, -0.25) is 4.79 Å². The van der Waals surface area contributed by atoms with Crippen molar-refractivity contribution in [2.45, 2.75) is 25.2 Å². The van der Waals surface area contributed by atoms with Gasteiger partial charge in [-0.15, -0.1) is 0 Å². The van der Waals surface area contributed by atoms with Crippen molar-refractivity contribution in [2.75, 3.05) is 19.8 Å². The average Bonchev–Trinajstić information content (AvgIpc) is 2.31. The lowest BCUT2D eigenvalue weighted by atomic mass is 9.75. The van der Waals surface area contributed by atoms with Crippen molar-refractivity contribution in [1.82, 2.24) is 0 Å². The first-order valence-corrected chi connectivity index (χ1v) is 6.30. The molecule has 0 aromatic heterocycles. The smallest absolute Gasteiger partial charge is 0.303 e. The van der Waals surface area contributed by atoms with Gasteiger partial charge in [0.05, 0.1) is 19.8 Å². The normalized spacial score (nSPS) is 16.7. The summed E-state index contributed by atoms with van der Waals surface area (Å²) in [5.41, 5.74) is 0.408. The summed E-state index contributed by atoms with van der Waals surface area (Å²) in [5, 5.41) is 8.78. The second kappa shape index (κ2) is 5.57. The second-order valence-electron chi connectivity index (χ2n) is 4.75. The van der Waals surface area contributed by atoms with E-state index in [4.69, 9.17) is 14.6 Å². The molecule has 0 bridgehead atoms. The summed E-state index contributed by atoms with van der Waals surface area (Å²) >= 11 is 0. The van der Waals surface area contributed by atoms with Crippen LogP contribution in [0.25, 0.3) is 0 Å². The van der Waals surface area contributed by atoms with Gasteiger partial charge in [-0.1, -0.05) is 6.07 Å². The first kappa shape index (κ1) is 13.8. The van der Waals surface area contributed by atoms with Crippen LogP contribution in [0, 0.1) is 5.82 Å². The van der Waals surface area contributed by atoms with Gasteiger partial charge in [0.25, 0.3) is 0 Å². The standard InChI is InChI=1S/C14H17FO4/c1-2-19-12-4-3-10(7-11(12)15)14(8-18-9-14)6-5-13(16)17/h3-4,7H,2,5-6,8-9H2,1H3,(H,16,17). The first-order valence-electron chi connectivity index (χ1n) is 6.30. The highest BCUT2D eigenvalue weighted by Crippen LogP contribution is 2.38. The number of rotatable bonds is 6. The van der Waals surface area contributed by atoms with E-state index in [9.17, 15) is 9.18 Å². The van der Waals surface area contributed by atoms with Crippen LogP contribution in [0.4, 0.5) is 4.39 Å². The molecule has 1 fully saturated rings. The molecule has 1 heterocycles. The third-order valence-corrected chi connectivity index (χ3v) is 3.42. The monoisotopic (exact) mass is 268 g/mol. The quantitative estimate of drug-likeness (QED) is 0.860. The van der Waals surface area contributed by atoms with Gasteiger partial charge < -0.3 is 14.6 Å². The Morgan fingerprint density at radius 1 is 1.53 bits per heavy atom. The highest BCUT2D eigenvalue weighted by atomic mass is 19.1. The van der Waals surface area contributed by atoms with Gasteiger partial charge in [0.1, 0.15) is 0 Å². The molecule has 0 atom stereocenters. The fraction of sp³-hybridized carbons (Fsp3) is 0.500. The molecule has 1 saturated heterocycles. The highest BCUT2D eigenvalue weighted by Gasteiger charge is 2.40. The van der Waals surface area contributed by atoms with Crippen LogP contribution in [-0.2, 0) is 14.9 Å². The Hall–Kier alpha value is -1.62. The minimum atomic E-state index is -0.849. The summed E-state index contributed by atoms with van der Waals surface area (Å²) in [7, 11) is 0. The number of hydrogen-bond acceptors (Lipinski definition) is 3. The van der Waals surface area contributed by atoms with Crippen LogP contribution in [0.15, 0.2) is 18.2 Å². The van der Waals surface area contributed by atoms with Gasteiger partial charge in [0, 0.05) is 11.8 Å². The molecule has 0 amide bonds. The average molecular weight is 268 g/mol. The number of carbonyl (C=O) groups is 1. The zero-order valence-corrected chi connectivity index (χ0v) is 10.8. The molecule has 0 spiro atoms. The molecule has 5 heteroatoms.